The summed E-state index contributed by atoms with van der Waals surface area (Å²) in [4.78, 5) is 2.44. The number of benzene rings is 1. The van der Waals surface area contributed by atoms with E-state index in [1.165, 1.54) is 23.5 Å². The third kappa shape index (κ3) is 3.90. The van der Waals surface area contributed by atoms with Gasteiger partial charge in [0, 0.05) is 24.4 Å². The molecular weight excluding hydrogens is 268 g/mol. The molecule has 1 fully saturated rings. The van der Waals surface area contributed by atoms with E-state index in [4.69, 9.17) is 10.5 Å². The van der Waals surface area contributed by atoms with E-state index in [1.807, 2.05) is 17.8 Å². The highest BCUT2D eigenvalue weighted by Crippen LogP contribution is 2.29. The van der Waals surface area contributed by atoms with Crippen molar-refractivity contribution in [2.45, 2.75) is 31.8 Å². The van der Waals surface area contributed by atoms with Crippen molar-refractivity contribution in [2.75, 3.05) is 31.7 Å². The zero-order valence-electron chi connectivity index (χ0n) is 12.5. The summed E-state index contributed by atoms with van der Waals surface area (Å²) in [7, 11) is 2.20. The minimum atomic E-state index is 0.281. The number of ether oxygens (including phenoxy) is 1. The fourth-order valence-corrected chi connectivity index (χ4v) is 3.95. The molecule has 0 aromatic heterocycles. The molecule has 2 unspecified atom stereocenters. The van der Waals surface area contributed by atoms with Gasteiger partial charge in [0.1, 0.15) is 5.75 Å². The van der Waals surface area contributed by atoms with E-state index >= 15 is 0 Å². The van der Waals surface area contributed by atoms with Crippen LogP contribution >= 0.6 is 11.8 Å². The van der Waals surface area contributed by atoms with Gasteiger partial charge in [-0.2, -0.15) is 11.8 Å². The highest BCUT2D eigenvalue weighted by Gasteiger charge is 2.26. The Bertz CT molecular complexity index is 407. The predicted octanol–water partition coefficient (Wildman–Crippen LogP) is 2.91. The Kier molecular flexibility index (Phi) is 6.20. The van der Waals surface area contributed by atoms with Gasteiger partial charge in [0.25, 0.3) is 0 Å². The van der Waals surface area contributed by atoms with Crippen molar-refractivity contribution in [1.82, 2.24) is 4.90 Å². The molecule has 1 aromatic rings. The van der Waals surface area contributed by atoms with Gasteiger partial charge >= 0.3 is 0 Å². The normalized spacial score (nSPS) is 20.3. The molecule has 0 radical (unpaired) electrons. The van der Waals surface area contributed by atoms with E-state index in [2.05, 4.69) is 37.1 Å². The summed E-state index contributed by atoms with van der Waals surface area (Å²) in [6.07, 6.45) is 2.30. The van der Waals surface area contributed by atoms with Crippen LogP contribution in [0.2, 0.25) is 0 Å². The van der Waals surface area contributed by atoms with Gasteiger partial charge in [-0.15, -0.1) is 0 Å². The summed E-state index contributed by atoms with van der Waals surface area (Å²) in [5.41, 5.74) is 7.30. The summed E-state index contributed by atoms with van der Waals surface area (Å²) in [6, 6.07) is 9.33. The van der Waals surface area contributed by atoms with E-state index < -0.39 is 0 Å². The Hall–Kier alpha value is -0.710. The van der Waals surface area contributed by atoms with E-state index in [-0.39, 0.29) is 6.04 Å². The lowest BCUT2D eigenvalue weighted by Crippen LogP contribution is -2.38. The largest absolute Gasteiger partial charge is 0.494 e. The van der Waals surface area contributed by atoms with Gasteiger partial charge in [0.15, 0.2) is 0 Å². The highest BCUT2D eigenvalue weighted by molar-refractivity contribution is 7.99. The fraction of sp³-hybridized carbons (Fsp3) is 0.625. The maximum absolute atomic E-state index is 6.03. The first kappa shape index (κ1) is 15.7. The SMILES string of the molecule is CCCOc1cccc(C(CN)N(C)C2CCSC2)c1. The van der Waals surface area contributed by atoms with Gasteiger partial charge in [-0.05, 0) is 43.3 Å². The average Bonchev–Trinajstić information content (AvgIpc) is 3.00. The maximum atomic E-state index is 6.03. The molecule has 1 saturated heterocycles. The summed E-state index contributed by atoms with van der Waals surface area (Å²) in [5, 5.41) is 0. The number of rotatable bonds is 7. The molecule has 0 bridgehead atoms. The molecule has 1 heterocycles. The Morgan fingerprint density at radius 1 is 1.50 bits per heavy atom. The van der Waals surface area contributed by atoms with Crippen molar-refractivity contribution in [3.05, 3.63) is 29.8 Å². The molecule has 0 aliphatic carbocycles. The number of nitrogens with two attached hydrogens (primary N) is 1. The smallest absolute Gasteiger partial charge is 0.119 e. The molecule has 1 aliphatic heterocycles. The van der Waals surface area contributed by atoms with E-state index in [0.29, 0.717) is 12.6 Å². The molecule has 1 aromatic carbocycles. The molecule has 0 amide bonds. The summed E-state index contributed by atoms with van der Waals surface area (Å²) in [5.74, 6) is 3.45. The Labute approximate surface area is 126 Å². The molecule has 2 atom stereocenters. The molecule has 2 rings (SSSR count). The second-order valence-corrected chi connectivity index (χ2v) is 6.51. The van der Waals surface area contributed by atoms with Gasteiger partial charge in [-0.3, -0.25) is 4.90 Å². The molecule has 1 aliphatic rings. The van der Waals surface area contributed by atoms with Crippen LogP contribution in [0.25, 0.3) is 0 Å². The summed E-state index contributed by atoms with van der Waals surface area (Å²) >= 11 is 2.04. The van der Waals surface area contributed by atoms with Crippen LogP contribution < -0.4 is 10.5 Å². The van der Waals surface area contributed by atoms with Gasteiger partial charge in [-0.25, -0.2) is 0 Å². The lowest BCUT2D eigenvalue weighted by atomic mass is 10.0. The number of hydrogen-bond acceptors (Lipinski definition) is 4. The van der Waals surface area contributed by atoms with E-state index in [0.717, 1.165) is 18.8 Å². The van der Waals surface area contributed by atoms with Crippen LogP contribution in [-0.4, -0.2) is 42.6 Å². The molecular formula is C16H26N2OS. The Morgan fingerprint density at radius 3 is 3.00 bits per heavy atom. The highest BCUT2D eigenvalue weighted by atomic mass is 32.2. The molecule has 0 spiro atoms. The monoisotopic (exact) mass is 294 g/mol. The van der Waals surface area contributed by atoms with Crippen molar-refractivity contribution in [2.24, 2.45) is 5.73 Å². The first-order valence-electron chi connectivity index (χ1n) is 7.48. The van der Waals surface area contributed by atoms with E-state index in [9.17, 15) is 0 Å². The van der Waals surface area contributed by atoms with Crippen molar-refractivity contribution in [3.63, 3.8) is 0 Å². The molecule has 3 nitrogen and oxygen atoms in total. The van der Waals surface area contributed by atoms with Gasteiger partial charge < -0.3 is 10.5 Å². The fourth-order valence-electron chi connectivity index (χ4n) is 2.67. The predicted molar refractivity (Wildman–Crippen MR) is 87.5 cm³/mol. The minimum Gasteiger partial charge on any atom is -0.494 e. The summed E-state index contributed by atoms with van der Waals surface area (Å²) < 4.78 is 5.73. The second kappa shape index (κ2) is 7.91. The third-order valence-electron chi connectivity index (χ3n) is 3.91. The Balaban J connectivity index is 2.09. The van der Waals surface area contributed by atoms with Crippen LogP contribution in [-0.2, 0) is 0 Å². The molecule has 112 valence electrons. The summed E-state index contributed by atoms with van der Waals surface area (Å²) in [6.45, 7) is 3.54. The lowest BCUT2D eigenvalue weighted by molar-refractivity contribution is 0.192. The maximum Gasteiger partial charge on any atom is 0.119 e. The molecule has 4 heteroatoms. The first-order valence-corrected chi connectivity index (χ1v) is 8.64. The number of hydrogen-bond donors (Lipinski definition) is 1. The van der Waals surface area contributed by atoms with Crippen LogP contribution in [0.5, 0.6) is 5.75 Å². The third-order valence-corrected chi connectivity index (χ3v) is 5.06. The van der Waals surface area contributed by atoms with Crippen LogP contribution in [0.15, 0.2) is 24.3 Å². The van der Waals surface area contributed by atoms with Crippen LogP contribution in [0.3, 0.4) is 0 Å². The minimum absolute atomic E-state index is 0.281. The van der Waals surface area contributed by atoms with Crippen molar-refractivity contribution in [1.29, 1.82) is 0 Å². The number of thioether (sulfide) groups is 1. The van der Waals surface area contributed by atoms with Crippen molar-refractivity contribution < 1.29 is 4.74 Å². The Morgan fingerprint density at radius 2 is 2.35 bits per heavy atom. The van der Waals surface area contributed by atoms with Crippen LogP contribution in [0.4, 0.5) is 0 Å². The zero-order valence-corrected chi connectivity index (χ0v) is 13.4. The van der Waals surface area contributed by atoms with Gasteiger partial charge in [-0.1, -0.05) is 19.1 Å². The van der Waals surface area contributed by atoms with Gasteiger partial charge in [0.2, 0.25) is 0 Å². The lowest BCUT2D eigenvalue weighted by Gasteiger charge is -2.32. The van der Waals surface area contributed by atoms with E-state index in [1.54, 1.807) is 0 Å². The van der Waals surface area contributed by atoms with Crippen LogP contribution in [0, 0.1) is 0 Å². The standard InChI is InChI=1S/C16H26N2OS/c1-3-8-19-15-6-4-5-13(10-15)16(11-17)18(2)14-7-9-20-12-14/h4-6,10,14,16H,3,7-9,11-12,17H2,1-2H3. The average molecular weight is 294 g/mol. The molecule has 2 N–H and O–H groups in total. The second-order valence-electron chi connectivity index (χ2n) is 5.36. The molecule has 20 heavy (non-hydrogen) atoms. The first-order chi connectivity index (χ1) is 9.76. The number of likely N-dealkylation sites (N-methyl/N-ethyl adjacent to an activating group) is 1. The number of nitrogens with zero attached hydrogens (tertiary/aromatic N) is 1. The van der Waals surface area contributed by atoms with Gasteiger partial charge in [0.05, 0.1) is 6.61 Å². The van der Waals surface area contributed by atoms with Crippen molar-refractivity contribution in [3.8, 4) is 5.75 Å². The topological polar surface area (TPSA) is 38.5 Å². The van der Waals surface area contributed by atoms with Crippen LogP contribution in [0.1, 0.15) is 31.4 Å². The molecule has 0 saturated carbocycles. The zero-order chi connectivity index (χ0) is 14.4. The van der Waals surface area contributed by atoms with Crippen molar-refractivity contribution >= 4 is 11.8 Å². The quantitative estimate of drug-likeness (QED) is 0.839.